The number of nitrogens with zero attached hydrogens (tertiary/aromatic N) is 3. The molecule has 12 heteroatoms. The van der Waals surface area contributed by atoms with Crippen LogP contribution in [0, 0.1) is 17.0 Å². The topological polar surface area (TPSA) is 139 Å². The van der Waals surface area contributed by atoms with Crippen molar-refractivity contribution in [3.63, 3.8) is 0 Å². The van der Waals surface area contributed by atoms with Gasteiger partial charge in [-0.2, -0.15) is 0 Å². The summed E-state index contributed by atoms with van der Waals surface area (Å²) < 4.78 is 32.3. The van der Waals surface area contributed by atoms with Crippen molar-refractivity contribution in [2.75, 3.05) is 24.2 Å². The third-order valence-electron chi connectivity index (χ3n) is 6.69. The molecule has 0 saturated carbocycles. The molecule has 3 aromatic rings. The number of nitrogens with one attached hydrogen (secondary N) is 1. The number of carbonyl (C=O) groups excluding carboxylic acids is 2. The van der Waals surface area contributed by atoms with E-state index in [4.69, 9.17) is 4.74 Å². The molecule has 0 aliphatic rings. The maximum atomic E-state index is 14.3. The fourth-order valence-corrected chi connectivity index (χ4v) is 5.40. The van der Waals surface area contributed by atoms with Gasteiger partial charge in [0.15, 0.2) is 0 Å². The first-order chi connectivity index (χ1) is 20.1. The SMILES string of the molecule is COc1ccc([N+](=O)[O-])cc1N(CC(=O)N(Cc1ccccc1C)[C@H](Cc1ccccc1)C(=O)NC(C)(C)C)S(C)(=O)=O. The van der Waals surface area contributed by atoms with Crippen LogP contribution >= 0.6 is 0 Å². The molecule has 11 nitrogen and oxygen atoms in total. The number of rotatable bonds is 12. The van der Waals surface area contributed by atoms with E-state index in [9.17, 15) is 28.1 Å². The number of hydrogen-bond donors (Lipinski definition) is 1. The summed E-state index contributed by atoms with van der Waals surface area (Å²) in [5, 5.41) is 14.5. The number of anilines is 1. The van der Waals surface area contributed by atoms with Crippen molar-refractivity contribution in [1.82, 2.24) is 10.2 Å². The fraction of sp³-hybridized carbons (Fsp3) is 0.355. The highest BCUT2D eigenvalue weighted by molar-refractivity contribution is 7.92. The monoisotopic (exact) mass is 610 g/mol. The van der Waals surface area contributed by atoms with Gasteiger partial charge >= 0.3 is 0 Å². The molecule has 2 amide bonds. The Hall–Kier alpha value is -4.45. The van der Waals surface area contributed by atoms with Gasteiger partial charge in [0.1, 0.15) is 24.0 Å². The van der Waals surface area contributed by atoms with Crippen molar-refractivity contribution in [3.8, 4) is 5.75 Å². The minimum absolute atomic E-state index is 0.0181. The second-order valence-corrected chi connectivity index (χ2v) is 13.2. The fourth-order valence-electron chi connectivity index (χ4n) is 4.56. The molecule has 3 rings (SSSR count). The predicted molar refractivity (Wildman–Crippen MR) is 165 cm³/mol. The van der Waals surface area contributed by atoms with E-state index in [0.29, 0.717) is 0 Å². The zero-order valence-electron chi connectivity index (χ0n) is 25.2. The molecule has 0 aromatic heterocycles. The van der Waals surface area contributed by atoms with Crippen LogP contribution in [0.1, 0.15) is 37.5 Å². The molecule has 0 unspecified atom stereocenters. The van der Waals surface area contributed by atoms with Crippen LogP contribution < -0.4 is 14.4 Å². The zero-order valence-corrected chi connectivity index (χ0v) is 26.1. The van der Waals surface area contributed by atoms with Gasteiger partial charge in [-0.3, -0.25) is 24.0 Å². The number of sulfonamides is 1. The number of nitro benzene ring substituents is 1. The van der Waals surface area contributed by atoms with Gasteiger partial charge in [-0.25, -0.2) is 8.42 Å². The van der Waals surface area contributed by atoms with Crippen molar-refractivity contribution in [2.45, 2.75) is 52.2 Å². The third-order valence-corrected chi connectivity index (χ3v) is 7.82. The highest BCUT2D eigenvalue weighted by Crippen LogP contribution is 2.34. The zero-order chi connectivity index (χ0) is 31.9. The number of methoxy groups -OCH3 is 1. The van der Waals surface area contributed by atoms with Gasteiger partial charge in [-0.1, -0.05) is 54.6 Å². The van der Waals surface area contributed by atoms with Crippen molar-refractivity contribution in [2.24, 2.45) is 0 Å². The summed E-state index contributed by atoms with van der Waals surface area (Å²) in [6.45, 7) is 6.67. The summed E-state index contributed by atoms with van der Waals surface area (Å²) in [5.74, 6) is -1.05. The van der Waals surface area contributed by atoms with Crippen molar-refractivity contribution >= 4 is 33.2 Å². The Morgan fingerprint density at radius 1 is 1.02 bits per heavy atom. The van der Waals surface area contributed by atoms with E-state index in [0.717, 1.165) is 33.3 Å². The Bertz CT molecular complexity index is 1570. The van der Waals surface area contributed by atoms with E-state index in [-0.39, 0.29) is 30.1 Å². The molecule has 0 bridgehead atoms. The lowest BCUT2D eigenvalue weighted by Gasteiger charge is -2.35. The number of ether oxygens (including phenoxy) is 1. The molecule has 1 N–H and O–H groups in total. The largest absolute Gasteiger partial charge is 0.495 e. The molecule has 230 valence electrons. The highest BCUT2D eigenvalue weighted by Gasteiger charge is 2.35. The average molecular weight is 611 g/mol. The second kappa shape index (κ2) is 13.7. The Morgan fingerprint density at radius 3 is 2.21 bits per heavy atom. The summed E-state index contributed by atoms with van der Waals surface area (Å²) in [7, 11) is -2.86. The Morgan fingerprint density at radius 2 is 1.65 bits per heavy atom. The van der Waals surface area contributed by atoms with Crippen LogP contribution in [0.4, 0.5) is 11.4 Å². The quantitative estimate of drug-likeness (QED) is 0.239. The van der Waals surface area contributed by atoms with Gasteiger partial charge in [0.05, 0.1) is 18.3 Å². The number of non-ortho nitro benzene ring substituents is 1. The summed E-state index contributed by atoms with van der Waals surface area (Å²) in [4.78, 5) is 40.3. The summed E-state index contributed by atoms with van der Waals surface area (Å²) in [6.07, 6.45) is 1.07. The van der Waals surface area contributed by atoms with E-state index >= 15 is 0 Å². The van der Waals surface area contributed by atoms with Gasteiger partial charge < -0.3 is 15.0 Å². The molecule has 0 saturated heterocycles. The molecular weight excluding hydrogens is 572 g/mol. The van der Waals surface area contributed by atoms with Crippen LogP contribution in [0.15, 0.2) is 72.8 Å². The van der Waals surface area contributed by atoms with Gasteiger partial charge in [0.25, 0.3) is 5.69 Å². The van der Waals surface area contributed by atoms with Crippen LogP contribution in [0.5, 0.6) is 5.75 Å². The second-order valence-electron chi connectivity index (χ2n) is 11.3. The normalized spacial score (nSPS) is 12.2. The molecule has 0 aliphatic carbocycles. The maximum absolute atomic E-state index is 14.3. The molecule has 0 heterocycles. The number of carbonyl (C=O) groups is 2. The number of hydrogen-bond acceptors (Lipinski definition) is 7. The van der Waals surface area contributed by atoms with Gasteiger partial charge in [-0.05, 0) is 50.5 Å². The predicted octanol–water partition coefficient (Wildman–Crippen LogP) is 4.23. The van der Waals surface area contributed by atoms with Crippen LogP contribution in [0.25, 0.3) is 0 Å². The lowest BCUT2D eigenvalue weighted by molar-refractivity contribution is -0.384. The Balaban J connectivity index is 2.16. The Labute approximate surface area is 252 Å². The van der Waals surface area contributed by atoms with Gasteiger partial charge in [0.2, 0.25) is 21.8 Å². The van der Waals surface area contributed by atoms with E-state index in [1.807, 2.05) is 82.3 Å². The molecule has 0 spiro atoms. The third kappa shape index (κ3) is 9.02. The Kier molecular flexibility index (Phi) is 10.5. The molecule has 0 radical (unpaired) electrons. The molecule has 3 aromatic carbocycles. The molecule has 0 aliphatic heterocycles. The van der Waals surface area contributed by atoms with E-state index in [1.165, 1.54) is 24.1 Å². The minimum atomic E-state index is -4.15. The number of aryl methyl sites for hydroxylation is 1. The average Bonchev–Trinajstić information content (AvgIpc) is 2.93. The van der Waals surface area contributed by atoms with Crippen LogP contribution in [-0.4, -0.2) is 61.5 Å². The molecule has 43 heavy (non-hydrogen) atoms. The number of benzene rings is 3. The van der Waals surface area contributed by atoms with E-state index in [1.54, 1.807) is 0 Å². The van der Waals surface area contributed by atoms with Crippen molar-refractivity contribution < 1.29 is 27.7 Å². The summed E-state index contributed by atoms with van der Waals surface area (Å²) in [5.41, 5.74) is 1.31. The van der Waals surface area contributed by atoms with Crippen LogP contribution in [0.3, 0.4) is 0 Å². The smallest absolute Gasteiger partial charge is 0.271 e. The first-order valence-corrected chi connectivity index (χ1v) is 15.5. The lowest BCUT2D eigenvalue weighted by Crippen LogP contribution is -2.56. The lowest BCUT2D eigenvalue weighted by atomic mass is 10.00. The highest BCUT2D eigenvalue weighted by atomic mass is 32.2. The van der Waals surface area contributed by atoms with E-state index < -0.39 is 44.9 Å². The maximum Gasteiger partial charge on any atom is 0.271 e. The van der Waals surface area contributed by atoms with Crippen LogP contribution in [-0.2, 0) is 32.6 Å². The molecular formula is C31H38N4O7S. The summed E-state index contributed by atoms with van der Waals surface area (Å²) >= 11 is 0. The van der Waals surface area contributed by atoms with Gasteiger partial charge in [0, 0.05) is 30.6 Å². The standard InChI is InChI=1S/C31H38N4O7S/c1-22-12-10-11-15-24(22)20-33(27(30(37)32-31(2,3)4)18-23-13-8-7-9-14-23)29(36)21-34(43(6,40)41)26-19-25(35(38)39)16-17-28(26)42-5/h7-17,19,27H,18,20-21H2,1-6H3,(H,32,37)/t27-/m1/s1. The minimum Gasteiger partial charge on any atom is -0.495 e. The first-order valence-electron chi connectivity index (χ1n) is 13.6. The van der Waals surface area contributed by atoms with E-state index in [2.05, 4.69) is 5.32 Å². The molecule has 1 atom stereocenters. The van der Waals surface area contributed by atoms with Crippen LogP contribution in [0.2, 0.25) is 0 Å². The molecule has 0 fully saturated rings. The number of nitro groups is 1. The first kappa shape index (κ1) is 33.1. The summed E-state index contributed by atoms with van der Waals surface area (Å²) in [6, 6.07) is 19.1. The number of amides is 2. The van der Waals surface area contributed by atoms with Crippen molar-refractivity contribution in [1.29, 1.82) is 0 Å². The van der Waals surface area contributed by atoms with Gasteiger partial charge in [-0.15, -0.1) is 0 Å². The van der Waals surface area contributed by atoms with Crippen molar-refractivity contribution in [3.05, 3.63) is 99.6 Å².